The fraction of sp³-hybridized carbons (Fsp3) is 0.545. The van der Waals surface area contributed by atoms with Crippen molar-refractivity contribution >= 4 is 9.84 Å². The maximum absolute atomic E-state index is 11.3. The predicted molar refractivity (Wildman–Crippen MR) is 61.9 cm³/mol. The molecule has 88 valence electrons. The molecule has 0 amide bonds. The van der Waals surface area contributed by atoms with Gasteiger partial charge in [-0.2, -0.15) is 0 Å². The Hall–Kier alpha value is -0.940. The molecule has 1 fully saturated rings. The number of hydrogen-bond donors (Lipinski definition) is 1. The lowest BCUT2D eigenvalue weighted by molar-refractivity contribution is 0.524. The lowest BCUT2D eigenvalue weighted by atomic mass is 10.1. The van der Waals surface area contributed by atoms with Crippen LogP contribution in [-0.4, -0.2) is 26.2 Å². The van der Waals surface area contributed by atoms with E-state index in [1.807, 2.05) is 6.07 Å². The van der Waals surface area contributed by atoms with Gasteiger partial charge in [-0.25, -0.2) is 8.42 Å². The van der Waals surface area contributed by atoms with Crippen molar-refractivity contribution in [1.29, 1.82) is 0 Å². The Kier molecular flexibility index (Phi) is 2.75. The number of nitrogens with one attached hydrogen (secondary N) is 1. The first-order valence-corrected chi connectivity index (χ1v) is 7.29. The molecule has 1 aliphatic carbocycles. The Labute approximate surface area is 96.0 Å². The summed E-state index contributed by atoms with van der Waals surface area (Å²) in [7, 11) is -3.14. The van der Waals surface area contributed by atoms with Gasteiger partial charge < -0.3 is 5.32 Å². The molecular formula is C11H16N2O2S. The number of nitrogens with zero attached hydrogens (tertiary/aromatic N) is 1. The number of hydrogen-bond acceptors (Lipinski definition) is 4. The standard InChI is InChI=1S/C11H16N2O2S/c1-3-13-11(6-7-11)10-5-4-9(8-12-10)16(2,14)15/h4-5,8,13H,3,6-7H2,1-2H3. The van der Waals surface area contributed by atoms with Gasteiger partial charge in [0.1, 0.15) is 0 Å². The van der Waals surface area contributed by atoms with Crippen molar-refractivity contribution in [1.82, 2.24) is 10.3 Å². The van der Waals surface area contributed by atoms with Gasteiger partial charge in [0.25, 0.3) is 0 Å². The molecule has 1 aromatic rings. The summed E-state index contributed by atoms with van der Waals surface area (Å²) in [5, 5.41) is 3.40. The topological polar surface area (TPSA) is 59.1 Å². The predicted octanol–water partition coefficient (Wildman–Crippen LogP) is 1.08. The van der Waals surface area contributed by atoms with Crippen molar-refractivity contribution < 1.29 is 8.42 Å². The highest BCUT2D eigenvalue weighted by molar-refractivity contribution is 7.90. The molecule has 0 saturated heterocycles. The zero-order valence-electron chi connectivity index (χ0n) is 9.53. The molecule has 1 saturated carbocycles. The van der Waals surface area contributed by atoms with E-state index in [1.165, 1.54) is 12.5 Å². The smallest absolute Gasteiger partial charge is 0.177 e. The molecule has 4 nitrogen and oxygen atoms in total. The quantitative estimate of drug-likeness (QED) is 0.855. The largest absolute Gasteiger partial charge is 0.306 e. The zero-order valence-corrected chi connectivity index (χ0v) is 10.3. The van der Waals surface area contributed by atoms with E-state index in [0.717, 1.165) is 25.1 Å². The molecule has 0 aromatic carbocycles. The van der Waals surface area contributed by atoms with Crippen LogP contribution in [0.5, 0.6) is 0 Å². The van der Waals surface area contributed by atoms with Gasteiger partial charge in [0.2, 0.25) is 0 Å². The van der Waals surface area contributed by atoms with Crippen LogP contribution in [0.1, 0.15) is 25.5 Å². The highest BCUT2D eigenvalue weighted by Gasteiger charge is 2.44. The Bertz CT molecular complexity index is 475. The molecular weight excluding hydrogens is 224 g/mol. The Morgan fingerprint density at radius 3 is 2.50 bits per heavy atom. The van der Waals surface area contributed by atoms with Gasteiger partial charge >= 0.3 is 0 Å². The van der Waals surface area contributed by atoms with Crippen molar-refractivity contribution in [2.75, 3.05) is 12.8 Å². The Balaban J connectivity index is 2.27. The van der Waals surface area contributed by atoms with E-state index < -0.39 is 9.84 Å². The minimum Gasteiger partial charge on any atom is -0.306 e. The summed E-state index contributed by atoms with van der Waals surface area (Å²) in [6.07, 6.45) is 4.79. The average Bonchev–Trinajstić information content (AvgIpc) is 2.99. The molecule has 5 heteroatoms. The van der Waals surface area contributed by atoms with Crippen LogP contribution in [0.2, 0.25) is 0 Å². The zero-order chi connectivity index (χ0) is 11.8. The van der Waals surface area contributed by atoms with Gasteiger partial charge in [-0.3, -0.25) is 4.98 Å². The number of pyridine rings is 1. The lowest BCUT2D eigenvalue weighted by Crippen LogP contribution is -2.29. The van der Waals surface area contributed by atoms with E-state index in [9.17, 15) is 8.42 Å². The van der Waals surface area contributed by atoms with Crippen LogP contribution < -0.4 is 5.32 Å². The maximum atomic E-state index is 11.3. The van der Waals surface area contributed by atoms with E-state index in [-0.39, 0.29) is 10.4 Å². The monoisotopic (exact) mass is 240 g/mol. The molecule has 2 rings (SSSR count). The van der Waals surface area contributed by atoms with Gasteiger partial charge in [-0.1, -0.05) is 6.92 Å². The van der Waals surface area contributed by atoms with Gasteiger partial charge in [0.15, 0.2) is 9.84 Å². The average molecular weight is 240 g/mol. The van der Waals surface area contributed by atoms with Crippen LogP contribution >= 0.6 is 0 Å². The van der Waals surface area contributed by atoms with E-state index in [4.69, 9.17) is 0 Å². The fourth-order valence-corrected chi connectivity index (χ4v) is 2.43. The molecule has 0 bridgehead atoms. The third kappa shape index (κ3) is 2.10. The SMILES string of the molecule is CCNC1(c2ccc(S(C)(=O)=O)cn2)CC1. The molecule has 0 unspecified atom stereocenters. The van der Waals surface area contributed by atoms with E-state index in [1.54, 1.807) is 6.07 Å². The molecule has 0 spiro atoms. The summed E-state index contributed by atoms with van der Waals surface area (Å²) in [6, 6.07) is 3.45. The second-order valence-electron chi connectivity index (χ2n) is 4.26. The lowest BCUT2D eigenvalue weighted by Gasteiger charge is -2.15. The molecule has 1 aliphatic rings. The summed E-state index contributed by atoms with van der Waals surface area (Å²) in [6.45, 7) is 2.96. The first kappa shape index (κ1) is 11.5. The van der Waals surface area contributed by atoms with Crippen LogP contribution in [0.4, 0.5) is 0 Å². The van der Waals surface area contributed by atoms with E-state index >= 15 is 0 Å². The third-order valence-electron chi connectivity index (χ3n) is 2.92. The minimum absolute atomic E-state index is 0.00475. The molecule has 1 aromatic heterocycles. The number of rotatable bonds is 4. The molecule has 16 heavy (non-hydrogen) atoms. The van der Waals surface area contributed by atoms with Gasteiger partial charge in [-0.05, 0) is 31.5 Å². The van der Waals surface area contributed by atoms with Gasteiger partial charge in [0, 0.05) is 12.5 Å². The minimum atomic E-state index is -3.14. The summed E-state index contributed by atoms with van der Waals surface area (Å²) in [5.41, 5.74) is 0.951. The van der Waals surface area contributed by atoms with Crippen molar-refractivity contribution in [3.05, 3.63) is 24.0 Å². The normalized spacial score (nSPS) is 18.4. The highest BCUT2D eigenvalue weighted by Crippen LogP contribution is 2.44. The van der Waals surface area contributed by atoms with Crippen LogP contribution in [0.3, 0.4) is 0 Å². The summed E-state index contributed by atoms with van der Waals surface area (Å²) >= 11 is 0. The van der Waals surface area contributed by atoms with Crippen molar-refractivity contribution in [3.8, 4) is 0 Å². The van der Waals surface area contributed by atoms with E-state index in [2.05, 4.69) is 17.2 Å². The molecule has 1 heterocycles. The molecule has 0 aliphatic heterocycles. The first-order chi connectivity index (χ1) is 7.48. The van der Waals surface area contributed by atoms with Crippen molar-refractivity contribution in [2.45, 2.75) is 30.2 Å². The number of aromatic nitrogens is 1. The molecule has 0 atom stereocenters. The summed E-state index contributed by atoms with van der Waals surface area (Å²) in [4.78, 5) is 4.54. The van der Waals surface area contributed by atoms with Crippen molar-refractivity contribution in [3.63, 3.8) is 0 Å². The molecule has 1 N–H and O–H groups in total. The van der Waals surface area contributed by atoms with Crippen LogP contribution in [-0.2, 0) is 15.4 Å². The van der Waals surface area contributed by atoms with Gasteiger partial charge in [-0.15, -0.1) is 0 Å². The Morgan fingerprint density at radius 2 is 2.12 bits per heavy atom. The highest BCUT2D eigenvalue weighted by atomic mass is 32.2. The van der Waals surface area contributed by atoms with Crippen LogP contribution in [0, 0.1) is 0 Å². The summed E-state index contributed by atoms with van der Waals surface area (Å²) < 4.78 is 22.6. The second kappa shape index (κ2) is 3.82. The molecule has 0 radical (unpaired) electrons. The van der Waals surface area contributed by atoms with Crippen molar-refractivity contribution in [2.24, 2.45) is 0 Å². The van der Waals surface area contributed by atoms with Crippen LogP contribution in [0.15, 0.2) is 23.2 Å². The van der Waals surface area contributed by atoms with Gasteiger partial charge in [0.05, 0.1) is 16.1 Å². The first-order valence-electron chi connectivity index (χ1n) is 5.39. The fourth-order valence-electron chi connectivity index (χ4n) is 1.87. The van der Waals surface area contributed by atoms with Crippen LogP contribution in [0.25, 0.3) is 0 Å². The summed E-state index contributed by atoms with van der Waals surface area (Å²) in [5.74, 6) is 0. The number of sulfone groups is 1. The maximum Gasteiger partial charge on any atom is 0.177 e. The third-order valence-corrected chi connectivity index (χ3v) is 4.02. The Morgan fingerprint density at radius 1 is 1.44 bits per heavy atom. The van der Waals surface area contributed by atoms with E-state index in [0.29, 0.717) is 0 Å². The second-order valence-corrected chi connectivity index (χ2v) is 6.28.